The van der Waals surface area contributed by atoms with E-state index in [0.717, 1.165) is 44.9 Å². The van der Waals surface area contributed by atoms with Crippen LogP contribution >= 0.6 is 7.82 Å². The summed E-state index contributed by atoms with van der Waals surface area (Å²) in [5.41, 5.74) is 9.36. The van der Waals surface area contributed by atoms with Crippen molar-refractivity contribution in [2.45, 2.75) is 88.7 Å². The molecule has 4 N–H and O–H groups in total. The van der Waals surface area contributed by atoms with Crippen LogP contribution in [0.1, 0.15) is 80.9 Å². The Morgan fingerprint density at radius 3 is 2.80 bits per heavy atom. The number of ether oxygens (including phenoxy) is 1. The summed E-state index contributed by atoms with van der Waals surface area (Å²) in [6, 6.07) is 6.48. The third-order valence-electron chi connectivity index (χ3n) is 6.33. The molecule has 1 aromatic rings. The summed E-state index contributed by atoms with van der Waals surface area (Å²) in [4.78, 5) is 29.9. The maximum Gasteiger partial charge on any atom is 0.469 e. The van der Waals surface area contributed by atoms with E-state index < -0.39 is 13.4 Å². The van der Waals surface area contributed by atoms with Gasteiger partial charge in [0.1, 0.15) is 6.10 Å². The molecule has 1 fully saturated rings. The first-order valence-electron chi connectivity index (χ1n) is 11.0. The average Bonchev–Trinajstić information content (AvgIpc) is 3.08. The number of phosphoric acid groups is 1. The number of benzene rings is 1. The van der Waals surface area contributed by atoms with E-state index in [4.69, 9.17) is 20.3 Å². The lowest BCUT2D eigenvalue weighted by molar-refractivity contribution is -0.149. The summed E-state index contributed by atoms with van der Waals surface area (Å²) in [6.07, 6.45) is 8.19. The third kappa shape index (κ3) is 6.63. The average molecular weight is 439 g/mol. The Labute approximate surface area is 178 Å². The topological polar surface area (TPSA) is 119 Å². The van der Waals surface area contributed by atoms with E-state index in [2.05, 4.69) is 29.6 Å². The predicted octanol–water partition coefficient (Wildman–Crippen LogP) is 3.74. The molecule has 2 aliphatic carbocycles. The molecule has 3 atom stereocenters. The second kappa shape index (κ2) is 9.92. The standard InChI is InChI=1S/C22H34NO6P/c1-2-3-4-5-21(24)29-20-9-8-16-12-17(6-7-18(16)13-20)19-10-11-22(23,14-19)15-28-30(25,26)27/h6-7,12,19-20H,2-5,8-11,13-15,23H2,1H3,(H2,25,26,27)/t19-,20?,22+/m0/s1. The number of nitrogens with two attached hydrogens (primary N) is 1. The van der Waals surface area contributed by atoms with Crippen molar-refractivity contribution >= 4 is 13.8 Å². The molecule has 0 bridgehead atoms. The molecule has 0 spiro atoms. The van der Waals surface area contributed by atoms with Gasteiger partial charge in [0.15, 0.2) is 0 Å². The first-order valence-corrected chi connectivity index (χ1v) is 12.5. The molecule has 0 aromatic heterocycles. The van der Waals surface area contributed by atoms with Gasteiger partial charge in [-0.15, -0.1) is 0 Å². The highest BCUT2D eigenvalue weighted by Gasteiger charge is 2.38. The molecule has 3 rings (SSSR count). The van der Waals surface area contributed by atoms with Crippen molar-refractivity contribution in [3.8, 4) is 0 Å². The van der Waals surface area contributed by atoms with Crippen LogP contribution in [0.3, 0.4) is 0 Å². The summed E-state index contributed by atoms with van der Waals surface area (Å²) >= 11 is 0. The van der Waals surface area contributed by atoms with E-state index >= 15 is 0 Å². The van der Waals surface area contributed by atoms with Crippen molar-refractivity contribution in [3.05, 3.63) is 34.9 Å². The van der Waals surface area contributed by atoms with Gasteiger partial charge in [-0.05, 0) is 61.1 Å². The lowest BCUT2D eigenvalue weighted by atomic mass is 9.85. The highest BCUT2D eigenvalue weighted by atomic mass is 31.2. The van der Waals surface area contributed by atoms with Crippen LogP contribution < -0.4 is 5.73 Å². The van der Waals surface area contributed by atoms with Crippen molar-refractivity contribution in [1.29, 1.82) is 0 Å². The van der Waals surface area contributed by atoms with E-state index in [1.165, 1.54) is 16.7 Å². The summed E-state index contributed by atoms with van der Waals surface area (Å²) in [5, 5.41) is 0. The van der Waals surface area contributed by atoms with Crippen LogP contribution in [0.25, 0.3) is 0 Å². The van der Waals surface area contributed by atoms with Gasteiger partial charge in [0, 0.05) is 18.4 Å². The number of hydrogen-bond acceptors (Lipinski definition) is 5. The van der Waals surface area contributed by atoms with Gasteiger partial charge in [-0.25, -0.2) is 4.57 Å². The normalized spacial score (nSPS) is 26.4. The van der Waals surface area contributed by atoms with Crippen molar-refractivity contribution in [1.82, 2.24) is 0 Å². The molecule has 1 aromatic carbocycles. The summed E-state index contributed by atoms with van der Waals surface area (Å²) < 4.78 is 21.3. The fourth-order valence-electron chi connectivity index (χ4n) is 4.65. The molecule has 0 amide bonds. The van der Waals surface area contributed by atoms with E-state index in [0.29, 0.717) is 19.3 Å². The second-order valence-electron chi connectivity index (χ2n) is 8.91. The third-order valence-corrected chi connectivity index (χ3v) is 6.80. The minimum Gasteiger partial charge on any atom is -0.462 e. The molecular weight excluding hydrogens is 405 g/mol. The smallest absolute Gasteiger partial charge is 0.462 e. The molecule has 8 heteroatoms. The maximum atomic E-state index is 12.0. The van der Waals surface area contributed by atoms with Crippen molar-refractivity contribution in [2.75, 3.05) is 6.61 Å². The highest BCUT2D eigenvalue weighted by Crippen LogP contribution is 2.44. The summed E-state index contributed by atoms with van der Waals surface area (Å²) in [7, 11) is -4.51. The quantitative estimate of drug-likeness (QED) is 0.305. The number of aryl methyl sites for hydroxylation is 1. The van der Waals surface area contributed by atoms with E-state index in [1.807, 2.05) is 0 Å². The zero-order chi connectivity index (χ0) is 21.8. The number of carbonyl (C=O) groups is 1. The Morgan fingerprint density at radius 2 is 2.07 bits per heavy atom. The number of fused-ring (bicyclic) bond motifs is 1. The van der Waals surface area contributed by atoms with Crippen LogP contribution in [0.4, 0.5) is 0 Å². The Balaban J connectivity index is 1.55. The summed E-state index contributed by atoms with van der Waals surface area (Å²) in [6.45, 7) is 1.98. The van der Waals surface area contributed by atoms with Crippen molar-refractivity contribution in [3.63, 3.8) is 0 Å². The van der Waals surface area contributed by atoms with Gasteiger partial charge < -0.3 is 20.3 Å². The van der Waals surface area contributed by atoms with Crippen LogP contribution in [0.15, 0.2) is 18.2 Å². The largest absolute Gasteiger partial charge is 0.469 e. The molecule has 0 heterocycles. The fourth-order valence-corrected chi connectivity index (χ4v) is 5.07. The lowest BCUT2D eigenvalue weighted by Gasteiger charge is -2.26. The molecular formula is C22H34NO6P. The van der Waals surface area contributed by atoms with Gasteiger partial charge in [-0.2, -0.15) is 0 Å². The monoisotopic (exact) mass is 439 g/mol. The maximum absolute atomic E-state index is 12.0. The number of esters is 1. The van der Waals surface area contributed by atoms with Crippen LogP contribution in [-0.4, -0.2) is 34.0 Å². The fraction of sp³-hybridized carbons (Fsp3) is 0.682. The molecule has 0 aliphatic heterocycles. The van der Waals surface area contributed by atoms with Gasteiger partial charge >= 0.3 is 13.8 Å². The van der Waals surface area contributed by atoms with Crippen LogP contribution in [0.5, 0.6) is 0 Å². The summed E-state index contributed by atoms with van der Waals surface area (Å²) in [5.74, 6) is 0.172. The van der Waals surface area contributed by atoms with Crippen LogP contribution in [0, 0.1) is 0 Å². The predicted molar refractivity (Wildman–Crippen MR) is 114 cm³/mol. The first-order chi connectivity index (χ1) is 14.2. The molecule has 30 heavy (non-hydrogen) atoms. The minimum absolute atomic E-state index is 0.0366. The van der Waals surface area contributed by atoms with Gasteiger partial charge in [0.2, 0.25) is 0 Å². The molecule has 2 aliphatic rings. The van der Waals surface area contributed by atoms with Gasteiger partial charge in [0.05, 0.1) is 6.61 Å². The number of unbranched alkanes of at least 4 members (excludes halogenated alkanes) is 2. The molecule has 0 radical (unpaired) electrons. The molecule has 1 unspecified atom stereocenters. The zero-order valence-electron chi connectivity index (χ0n) is 17.7. The Kier molecular flexibility index (Phi) is 7.75. The van der Waals surface area contributed by atoms with Gasteiger partial charge in [0.25, 0.3) is 0 Å². The van der Waals surface area contributed by atoms with Crippen molar-refractivity contribution < 1.29 is 28.4 Å². The van der Waals surface area contributed by atoms with Crippen molar-refractivity contribution in [2.24, 2.45) is 5.73 Å². The van der Waals surface area contributed by atoms with Crippen LogP contribution in [-0.2, 0) is 31.5 Å². The number of carbonyl (C=O) groups excluding carboxylic acids is 1. The van der Waals surface area contributed by atoms with E-state index in [-0.39, 0.29) is 24.6 Å². The van der Waals surface area contributed by atoms with E-state index in [1.54, 1.807) is 0 Å². The number of phosphoric ester groups is 1. The minimum atomic E-state index is -4.51. The SMILES string of the molecule is CCCCCC(=O)OC1CCc2cc([C@H]3CC[C@](N)(COP(=O)(O)O)C3)ccc2C1. The Hall–Kier alpha value is -1.24. The second-order valence-corrected chi connectivity index (χ2v) is 10.1. The Bertz CT molecular complexity index is 794. The Morgan fingerprint density at radius 1 is 1.27 bits per heavy atom. The highest BCUT2D eigenvalue weighted by molar-refractivity contribution is 7.46. The number of rotatable bonds is 9. The zero-order valence-corrected chi connectivity index (χ0v) is 18.6. The lowest BCUT2D eigenvalue weighted by Crippen LogP contribution is -2.41. The first kappa shape index (κ1) is 23.4. The molecule has 168 valence electrons. The van der Waals surface area contributed by atoms with Gasteiger partial charge in [-0.1, -0.05) is 38.0 Å². The molecule has 1 saturated carbocycles. The number of hydrogen-bond donors (Lipinski definition) is 3. The van der Waals surface area contributed by atoms with E-state index in [9.17, 15) is 9.36 Å². The van der Waals surface area contributed by atoms with Gasteiger partial charge in [-0.3, -0.25) is 9.32 Å². The molecule has 0 saturated heterocycles. The van der Waals surface area contributed by atoms with Crippen LogP contribution in [0.2, 0.25) is 0 Å². The molecule has 7 nitrogen and oxygen atoms in total.